The molecule has 0 saturated heterocycles. The summed E-state index contributed by atoms with van der Waals surface area (Å²) in [5.74, 6) is -0.724. The molecule has 0 saturated carbocycles. The van der Waals surface area contributed by atoms with E-state index in [-0.39, 0.29) is 17.1 Å². The van der Waals surface area contributed by atoms with Gasteiger partial charge in [-0.15, -0.1) is 11.3 Å². The number of pyridine rings is 1. The molecule has 0 aliphatic heterocycles. The number of thiophene rings is 1. The molecule has 0 fully saturated rings. The van der Waals surface area contributed by atoms with Gasteiger partial charge < -0.3 is 5.73 Å². The summed E-state index contributed by atoms with van der Waals surface area (Å²) in [7, 11) is -3.82. The highest BCUT2D eigenvalue weighted by Gasteiger charge is 2.21. The molecule has 2 heterocycles. The zero-order chi connectivity index (χ0) is 14.0. The van der Waals surface area contributed by atoms with Gasteiger partial charge in [-0.25, -0.2) is 12.8 Å². The number of sulfonamides is 1. The second kappa shape index (κ2) is 5.24. The van der Waals surface area contributed by atoms with Gasteiger partial charge in [-0.3, -0.25) is 9.71 Å². The van der Waals surface area contributed by atoms with E-state index in [4.69, 9.17) is 5.73 Å². The van der Waals surface area contributed by atoms with Gasteiger partial charge in [-0.1, -0.05) is 0 Å². The summed E-state index contributed by atoms with van der Waals surface area (Å²) in [4.78, 5) is 5.05. The predicted octanol–water partition coefficient (Wildman–Crippen LogP) is 1.85. The molecule has 8 heteroatoms. The maximum absolute atomic E-state index is 13.4. The van der Waals surface area contributed by atoms with Crippen molar-refractivity contribution in [2.75, 3.05) is 4.72 Å². The highest BCUT2D eigenvalue weighted by atomic mass is 32.2. The molecule has 0 aliphatic rings. The molecular formula is C11H12FN3O2S2. The Kier molecular flexibility index (Phi) is 3.83. The van der Waals surface area contributed by atoms with Gasteiger partial charge in [-0.05, 0) is 19.1 Å². The van der Waals surface area contributed by atoms with Gasteiger partial charge >= 0.3 is 0 Å². The summed E-state index contributed by atoms with van der Waals surface area (Å²) in [6.07, 6.45) is 2.26. The summed E-state index contributed by atoms with van der Waals surface area (Å²) >= 11 is 1.31. The number of nitrogens with zero attached hydrogens (tertiary/aromatic N) is 1. The Labute approximate surface area is 114 Å². The van der Waals surface area contributed by atoms with Crippen molar-refractivity contribution < 1.29 is 12.8 Å². The van der Waals surface area contributed by atoms with Crippen molar-refractivity contribution in [2.45, 2.75) is 18.4 Å². The van der Waals surface area contributed by atoms with Gasteiger partial charge in [0.25, 0.3) is 10.0 Å². The van der Waals surface area contributed by atoms with Crippen molar-refractivity contribution in [1.29, 1.82) is 0 Å². The minimum atomic E-state index is -3.82. The number of nitrogens with two attached hydrogens (primary N) is 1. The van der Waals surface area contributed by atoms with E-state index in [1.165, 1.54) is 29.7 Å². The Morgan fingerprint density at radius 3 is 2.84 bits per heavy atom. The number of aryl methyl sites for hydroxylation is 1. The van der Waals surface area contributed by atoms with Crippen molar-refractivity contribution in [1.82, 2.24) is 4.98 Å². The molecule has 19 heavy (non-hydrogen) atoms. The topological polar surface area (TPSA) is 85.1 Å². The van der Waals surface area contributed by atoms with Crippen LogP contribution in [0.1, 0.15) is 9.75 Å². The third kappa shape index (κ3) is 2.91. The maximum Gasteiger partial charge on any atom is 0.263 e. The minimum Gasteiger partial charge on any atom is -0.326 e. The van der Waals surface area contributed by atoms with E-state index in [2.05, 4.69) is 9.71 Å². The standard InChI is InChI=1S/C11H12FN3O2S2/c1-7-11(4-8(5-13)18-7)19(16,17)15-10-2-3-14-6-9(10)12/h2-4,6H,5,13H2,1H3,(H,14,15). The lowest BCUT2D eigenvalue weighted by Crippen LogP contribution is -2.14. The van der Waals surface area contributed by atoms with E-state index in [9.17, 15) is 12.8 Å². The van der Waals surface area contributed by atoms with E-state index in [0.717, 1.165) is 11.1 Å². The van der Waals surface area contributed by atoms with Crippen LogP contribution in [0.5, 0.6) is 0 Å². The van der Waals surface area contributed by atoms with Crippen LogP contribution in [0.25, 0.3) is 0 Å². The van der Waals surface area contributed by atoms with Crippen LogP contribution in [0.3, 0.4) is 0 Å². The Morgan fingerprint density at radius 2 is 2.26 bits per heavy atom. The monoisotopic (exact) mass is 301 g/mol. The van der Waals surface area contributed by atoms with Crippen LogP contribution < -0.4 is 10.5 Å². The van der Waals surface area contributed by atoms with E-state index in [0.29, 0.717) is 4.88 Å². The van der Waals surface area contributed by atoms with Crippen LogP contribution in [0.15, 0.2) is 29.4 Å². The first-order chi connectivity index (χ1) is 8.94. The summed E-state index contributed by atoms with van der Waals surface area (Å²) in [5.41, 5.74) is 5.35. The van der Waals surface area contributed by atoms with Crippen LogP contribution in [-0.4, -0.2) is 13.4 Å². The second-order valence-corrected chi connectivity index (χ2v) is 6.79. The first-order valence-electron chi connectivity index (χ1n) is 5.36. The average molecular weight is 301 g/mol. The van der Waals surface area contributed by atoms with Gasteiger partial charge in [0.2, 0.25) is 0 Å². The molecule has 3 N–H and O–H groups in total. The first-order valence-corrected chi connectivity index (χ1v) is 7.65. The van der Waals surface area contributed by atoms with Crippen LogP contribution >= 0.6 is 11.3 Å². The molecule has 0 unspecified atom stereocenters. The third-order valence-corrected chi connectivity index (χ3v) is 5.12. The zero-order valence-corrected chi connectivity index (χ0v) is 11.7. The Bertz CT molecular complexity index is 698. The van der Waals surface area contributed by atoms with Crippen molar-refractivity contribution in [3.05, 3.63) is 40.1 Å². The minimum absolute atomic E-state index is 0.120. The maximum atomic E-state index is 13.4. The normalized spacial score (nSPS) is 11.5. The van der Waals surface area contributed by atoms with E-state index < -0.39 is 15.8 Å². The highest BCUT2D eigenvalue weighted by Crippen LogP contribution is 2.27. The Balaban J connectivity index is 2.38. The number of rotatable bonds is 4. The van der Waals surface area contributed by atoms with Crippen molar-refractivity contribution in [3.8, 4) is 0 Å². The fourth-order valence-corrected chi connectivity index (χ4v) is 4.13. The molecule has 0 atom stereocenters. The lowest BCUT2D eigenvalue weighted by atomic mass is 10.4. The number of hydrogen-bond acceptors (Lipinski definition) is 5. The lowest BCUT2D eigenvalue weighted by Gasteiger charge is -2.07. The fraction of sp³-hybridized carbons (Fsp3) is 0.182. The molecule has 0 radical (unpaired) electrons. The second-order valence-electron chi connectivity index (χ2n) is 3.80. The van der Waals surface area contributed by atoms with E-state index in [1.54, 1.807) is 6.92 Å². The molecule has 102 valence electrons. The van der Waals surface area contributed by atoms with Gasteiger partial charge in [0.15, 0.2) is 5.82 Å². The van der Waals surface area contributed by atoms with Gasteiger partial charge in [0.1, 0.15) is 4.90 Å². The Morgan fingerprint density at radius 1 is 1.53 bits per heavy atom. The summed E-state index contributed by atoms with van der Waals surface area (Å²) in [6.45, 7) is 1.95. The molecule has 5 nitrogen and oxygen atoms in total. The van der Waals surface area contributed by atoms with E-state index >= 15 is 0 Å². The molecule has 2 aromatic heterocycles. The third-order valence-electron chi connectivity index (χ3n) is 2.43. The number of hydrogen-bond donors (Lipinski definition) is 2. The fourth-order valence-electron chi connectivity index (χ4n) is 1.55. The summed E-state index contributed by atoms with van der Waals surface area (Å²) in [6, 6.07) is 2.76. The molecule has 0 aromatic carbocycles. The van der Waals surface area contributed by atoms with Crippen molar-refractivity contribution in [2.24, 2.45) is 5.73 Å². The molecule has 0 spiro atoms. The van der Waals surface area contributed by atoms with Crippen molar-refractivity contribution in [3.63, 3.8) is 0 Å². The van der Waals surface area contributed by atoms with Crippen LogP contribution in [0.4, 0.5) is 10.1 Å². The summed E-state index contributed by atoms with van der Waals surface area (Å²) < 4.78 is 39.9. The molecule has 0 amide bonds. The molecule has 2 aromatic rings. The van der Waals surface area contributed by atoms with Crippen molar-refractivity contribution >= 4 is 27.0 Å². The zero-order valence-electron chi connectivity index (χ0n) is 10.1. The predicted molar refractivity (Wildman–Crippen MR) is 72.0 cm³/mol. The van der Waals surface area contributed by atoms with Crippen LogP contribution in [0.2, 0.25) is 0 Å². The number of nitrogens with one attached hydrogen (secondary N) is 1. The first kappa shape index (κ1) is 13.9. The molecule has 2 rings (SSSR count). The molecular weight excluding hydrogens is 289 g/mol. The van der Waals surface area contributed by atoms with Gasteiger partial charge in [-0.2, -0.15) is 0 Å². The van der Waals surface area contributed by atoms with Crippen LogP contribution in [-0.2, 0) is 16.6 Å². The SMILES string of the molecule is Cc1sc(CN)cc1S(=O)(=O)Nc1ccncc1F. The number of anilines is 1. The number of halogens is 1. The lowest BCUT2D eigenvalue weighted by molar-refractivity contribution is 0.598. The highest BCUT2D eigenvalue weighted by molar-refractivity contribution is 7.93. The van der Waals surface area contributed by atoms with Gasteiger partial charge in [0, 0.05) is 22.5 Å². The van der Waals surface area contributed by atoms with E-state index in [1.807, 2.05) is 0 Å². The van der Waals surface area contributed by atoms with Gasteiger partial charge in [0.05, 0.1) is 11.9 Å². The average Bonchev–Trinajstić information content (AvgIpc) is 2.74. The smallest absolute Gasteiger partial charge is 0.263 e. The molecule has 0 bridgehead atoms. The summed E-state index contributed by atoms with van der Waals surface area (Å²) in [5, 5.41) is 0. The van der Waals surface area contributed by atoms with Crippen LogP contribution in [0, 0.1) is 12.7 Å². The number of aromatic nitrogens is 1. The quantitative estimate of drug-likeness (QED) is 0.902. The molecule has 0 aliphatic carbocycles. The largest absolute Gasteiger partial charge is 0.326 e. The Hall–Kier alpha value is -1.51.